The smallest absolute Gasteiger partial charge is 0.430 e. The van der Waals surface area contributed by atoms with Gasteiger partial charge in [-0.2, -0.15) is 13.2 Å². The van der Waals surface area contributed by atoms with Gasteiger partial charge in [-0.3, -0.25) is 0 Å². The molecule has 1 amide bonds. The van der Waals surface area contributed by atoms with Gasteiger partial charge in [0.1, 0.15) is 17.4 Å². The van der Waals surface area contributed by atoms with E-state index in [9.17, 15) is 18.0 Å². The van der Waals surface area contributed by atoms with Gasteiger partial charge < -0.3 is 25.2 Å². The highest BCUT2D eigenvalue weighted by Crippen LogP contribution is 2.24. The Morgan fingerprint density at radius 1 is 1.28 bits per heavy atom. The molecule has 160 valence electrons. The number of rotatable bonds is 4. The number of ether oxygens (including phenoxy) is 2. The van der Waals surface area contributed by atoms with Crippen LogP contribution in [0.1, 0.15) is 26.3 Å². The molecule has 0 spiro atoms. The molecule has 0 aliphatic carbocycles. The average molecular weight is 415 g/mol. The normalized spacial score (nSPS) is 16.4. The molecule has 0 bridgehead atoms. The summed E-state index contributed by atoms with van der Waals surface area (Å²) in [6, 6.07) is 6.22. The molecule has 7 nitrogen and oxygen atoms in total. The number of alkyl halides is 3. The van der Waals surface area contributed by atoms with Crippen LogP contribution in [-0.4, -0.2) is 53.0 Å². The Morgan fingerprint density at radius 3 is 2.34 bits per heavy atom. The number of hydrogen-bond donors (Lipinski definition) is 2. The second-order valence-electron chi connectivity index (χ2n) is 7.50. The molecule has 1 aromatic rings. The summed E-state index contributed by atoms with van der Waals surface area (Å²) < 4.78 is 49.2. The van der Waals surface area contributed by atoms with Crippen LogP contribution in [0.2, 0.25) is 0 Å². The summed E-state index contributed by atoms with van der Waals surface area (Å²) >= 11 is 0. The van der Waals surface area contributed by atoms with Crippen LogP contribution in [0.3, 0.4) is 0 Å². The van der Waals surface area contributed by atoms with Crippen molar-refractivity contribution in [1.82, 2.24) is 4.90 Å². The van der Waals surface area contributed by atoms with Crippen LogP contribution in [0.4, 0.5) is 23.7 Å². The number of aliphatic imine (C=N–C) groups is 1. The summed E-state index contributed by atoms with van der Waals surface area (Å²) in [4.78, 5) is 17.4. The number of hydrogen-bond acceptors (Lipinski definition) is 6. The standard InChI is InChI=1S/C19H24F3N3O4/c1-18(2,3)29-17(27)25-9-14(10-25)28-16(8-15(23)19(20,21)22)24-13-6-4-12(11-26)5-7-13/h4-8,14,26H,9-11,23H2,1-3H3. The number of halogens is 3. The molecule has 1 aliphatic heterocycles. The third kappa shape index (κ3) is 6.97. The molecular weight excluding hydrogens is 391 g/mol. The van der Waals surface area contributed by atoms with Crippen molar-refractivity contribution in [2.75, 3.05) is 13.1 Å². The van der Waals surface area contributed by atoms with Crippen LogP contribution in [0.25, 0.3) is 0 Å². The summed E-state index contributed by atoms with van der Waals surface area (Å²) in [7, 11) is 0. The zero-order valence-electron chi connectivity index (χ0n) is 16.4. The maximum Gasteiger partial charge on any atom is 0.430 e. The predicted octanol–water partition coefficient (Wildman–Crippen LogP) is 3.25. The van der Waals surface area contributed by atoms with Crippen molar-refractivity contribution in [2.24, 2.45) is 10.7 Å². The van der Waals surface area contributed by atoms with E-state index in [0.717, 1.165) is 0 Å². The zero-order chi connectivity index (χ0) is 21.8. The number of nitrogens with zero attached hydrogens (tertiary/aromatic N) is 2. The van der Waals surface area contributed by atoms with E-state index in [0.29, 0.717) is 17.3 Å². The third-order valence-corrected chi connectivity index (χ3v) is 3.75. The van der Waals surface area contributed by atoms with Gasteiger partial charge in [0.25, 0.3) is 0 Å². The third-order valence-electron chi connectivity index (χ3n) is 3.75. The van der Waals surface area contributed by atoms with Gasteiger partial charge in [0.15, 0.2) is 0 Å². The van der Waals surface area contributed by atoms with Crippen LogP contribution in [0, 0.1) is 0 Å². The minimum absolute atomic E-state index is 0.150. The highest BCUT2D eigenvalue weighted by atomic mass is 19.4. The van der Waals surface area contributed by atoms with Crippen molar-refractivity contribution in [1.29, 1.82) is 0 Å². The fourth-order valence-electron chi connectivity index (χ4n) is 2.27. The number of aliphatic hydroxyl groups is 1. The molecule has 1 fully saturated rings. The van der Waals surface area contributed by atoms with Gasteiger partial charge in [-0.15, -0.1) is 0 Å². The first-order chi connectivity index (χ1) is 13.4. The first-order valence-corrected chi connectivity index (χ1v) is 8.85. The van der Waals surface area contributed by atoms with Gasteiger partial charge in [0, 0.05) is 6.08 Å². The molecule has 0 radical (unpaired) electrons. The summed E-state index contributed by atoms with van der Waals surface area (Å²) in [6.07, 6.45) is -5.20. The molecule has 0 atom stereocenters. The number of aliphatic hydroxyl groups excluding tert-OH is 1. The van der Waals surface area contributed by atoms with Crippen LogP contribution in [0.5, 0.6) is 0 Å². The molecule has 2 rings (SSSR count). The summed E-state index contributed by atoms with van der Waals surface area (Å²) in [5, 5.41) is 9.06. The van der Waals surface area contributed by atoms with Crippen molar-refractivity contribution >= 4 is 17.7 Å². The van der Waals surface area contributed by atoms with E-state index in [-0.39, 0.29) is 25.6 Å². The lowest BCUT2D eigenvalue weighted by Crippen LogP contribution is -2.56. The fourth-order valence-corrected chi connectivity index (χ4v) is 2.27. The molecule has 0 unspecified atom stereocenters. The van der Waals surface area contributed by atoms with E-state index in [1.807, 2.05) is 0 Å². The van der Waals surface area contributed by atoms with Crippen LogP contribution >= 0.6 is 0 Å². The van der Waals surface area contributed by atoms with E-state index >= 15 is 0 Å². The summed E-state index contributed by atoms with van der Waals surface area (Å²) in [5.74, 6) is -0.328. The second kappa shape index (κ2) is 8.73. The maximum absolute atomic E-state index is 12.8. The Labute approximate surface area is 166 Å². The van der Waals surface area contributed by atoms with E-state index < -0.39 is 29.7 Å². The molecule has 1 aliphatic rings. The number of carbonyl (C=O) groups is 1. The molecule has 29 heavy (non-hydrogen) atoms. The Bertz CT molecular complexity index is 777. The molecule has 0 aromatic heterocycles. The quantitative estimate of drug-likeness (QED) is 0.581. The van der Waals surface area contributed by atoms with Crippen molar-refractivity contribution < 1.29 is 32.5 Å². The molecule has 1 aromatic carbocycles. The largest absolute Gasteiger partial charge is 0.470 e. The Balaban J connectivity index is 2.11. The first kappa shape index (κ1) is 22.5. The number of nitrogens with two attached hydrogens (primary N) is 1. The minimum atomic E-state index is -4.73. The molecule has 10 heteroatoms. The van der Waals surface area contributed by atoms with Gasteiger partial charge in [0.2, 0.25) is 5.90 Å². The van der Waals surface area contributed by atoms with E-state index in [2.05, 4.69) is 4.99 Å². The van der Waals surface area contributed by atoms with Crippen LogP contribution < -0.4 is 5.73 Å². The zero-order valence-corrected chi connectivity index (χ0v) is 16.4. The topological polar surface area (TPSA) is 97.4 Å². The predicted molar refractivity (Wildman–Crippen MR) is 100 cm³/mol. The average Bonchev–Trinajstić information content (AvgIpc) is 2.55. The number of carbonyl (C=O) groups excluding carboxylic acids is 1. The number of benzene rings is 1. The fraction of sp³-hybridized carbons (Fsp3) is 0.474. The number of allylic oxidation sites excluding steroid dienone is 1. The summed E-state index contributed by atoms with van der Waals surface area (Å²) in [6.45, 7) is 5.33. The lowest BCUT2D eigenvalue weighted by molar-refractivity contribution is -0.0927. The van der Waals surface area contributed by atoms with Gasteiger partial charge in [-0.1, -0.05) is 12.1 Å². The van der Waals surface area contributed by atoms with Crippen molar-refractivity contribution in [3.63, 3.8) is 0 Å². The van der Waals surface area contributed by atoms with Crippen molar-refractivity contribution in [3.05, 3.63) is 41.6 Å². The highest BCUT2D eigenvalue weighted by molar-refractivity contribution is 5.90. The summed E-state index contributed by atoms with van der Waals surface area (Å²) in [5.41, 5.74) is 4.04. The number of likely N-dealkylation sites (tertiary alicyclic amines) is 1. The van der Waals surface area contributed by atoms with Gasteiger partial charge >= 0.3 is 12.3 Å². The Morgan fingerprint density at radius 2 is 1.86 bits per heavy atom. The van der Waals surface area contributed by atoms with E-state index in [4.69, 9.17) is 20.3 Å². The lowest BCUT2D eigenvalue weighted by atomic mass is 10.1. The minimum Gasteiger partial charge on any atom is -0.470 e. The van der Waals surface area contributed by atoms with Crippen molar-refractivity contribution in [3.8, 4) is 0 Å². The number of amides is 1. The maximum atomic E-state index is 12.8. The monoisotopic (exact) mass is 415 g/mol. The Hall–Kier alpha value is -2.75. The van der Waals surface area contributed by atoms with Gasteiger partial charge in [-0.05, 0) is 38.5 Å². The van der Waals surface area contributed by atoms with Gasteiger partial charge in [0.05, 0.1) is 25.4 Å². The van der Waals surface area contributed by atoms with Crippen LogP contribution in [0.15, 0.2) is 41.0 Å². The molecule has 1 heterocycles. The lowest BCUT2D eigenvalue weighted by Gasteiger charge is -2.39. The molecule has 1 saturated heterocycles. The highest BCUT2D eigenvalue weighted by Gasteiger charge is 2.36. The molecular formula is C19H24F3N3O4. The molecule has 0 saturated carbocycles. The first-order valence-electron chi connectivity index (χ1n) is 8.85. The Kier molecular flexibility index (Phi) is 6.78. The molecule has 3 N–H and O–H groups in total. The SMILES string of the molecule is CC(C)(C)OC(=O)N1CC(OC(C=C(N)C(F)(F)F)=Nc2ccc(CO)cc2)C1. The second-order valence-corrected chi connectivity index (χ2v) is 7.50. The van der Waals surface area contributed by atoms with E-state index in [1.165, 1.54) is 17.0 Å². The van der Waals surface area contributed by atoms with E-state index in [1.54, 1.807) is 32.9 Å². The van der Waals surface area contributed by atoms with Gasteiger partial charge in [-0.25, -0.2) is 9.79 Å². The van der Waals surface area contributed by atoms with Crippen LogP contribution in [-0.2, 0) is 16.1 Å². The van der Waals surface area contributed by atoms with Crippen molar-refractivity contribution in [2.45, 2.75) is 45.3 Å².